The Morgan fingerprint density at radius 1 is 1.00 bits per heavy atom. The summed E-state index contributed by atoms with van der Waals surface area (Å²) in [5.41, 5.74) is 4.09. The largest absolute Gasteiger partial charge is 0.397 e. The van der Waals surface area contributed by atoms with Crippen molar-refractivity contribution in [1.82, 2.24) is 10.2 Å². The number of nitrogens with two attached hydrogens (primary N) is 1. The van der Waals surface area contributed by atoms with Gasteiger partial charge in [-0.2, -0.15) is 21.7 Å². The zero-order valence-corrected chi connectivity index (χ0v) is 15.5. The Labute approximate surface area is 157 Å². The molecule has 4 amide bonds. The molecule has 0 aromatic heterocycles. The maximum absolute atomic E-state index is 12.6. The van der Waals surface area contributed by atoms with E-state index in [1.165, 1.54) is 0 Å². The summed E-state index contributed by atoms with van der Waals surface area (Å²) in [7, 11) is -8.73. The Bertz CT molecular complexity index is 1290. The first-order valence-electron chi connectivity index (χ1n) is 7.24. The zero-order chi connectivity index (χ0) is 21.2. The molecule has 3 rings (SSSR count). The summed E-state index contributed by atoms with van der Waals surface area (Å²) in [6.45, 7) is 0. The van der Waals surface area contributed by atoms with Crippen molar-refractivity contribution in [1.29, 1.82) is 0 Å². The monoisotopic (exact) mass is 429 g/mol. The average molecular weight is 429 g/mol. The molecule has 0 aliphatic carbocycles. The minimum Gasteiger partial charge on any atom is -0.397 e. The lowest BCUT2D eigenvalue weighted by Gasteiger charge is -2.26. The van der Waals surface area contributed by atoms with Crippen LogP contribution in [0.5, 0.6) is 0 Å². The highest BCUT2D eigenvalue weighted by Crippen LogP contribution is 2.38. The molecule has 0 saturated heterocycles. The molecule has 2 aromatic carbocycles. The van der Waals surface area contributed by atoms with Gasteiger partial charge in [0.2, 0.25) is 0 Å². The Morgan fingerprint density at radius 3 is 2.00 bits per heavy atom. The van der Waals surface area contributed by atoms with Crippen LogP contribution in [0.2, 0.25) is 0 Å². The smallest absolute Gasteiger partial charge is 0.331 e. The Kier molecular flexibility index (Phi) is 4.19. The van der Waals surface area contributed by atoms with Crippen molar-refractivity contribution >= 4 is 54.5 Å². The predicted molar refractivity (Wildman–Crippen MR) is 92.9 cm³/mol. The third kappa shape index (κ3) is 2.78. The van der Waals surface area contributed by atoms with Gasteiger partial charge in [0.1, 0.15) is 4.90 Å². The first kappa shape index (κ1) is 19.7. The van der Waals surface area contributed by atoms with Crippen molar-refractivity contribution in [3.8, 4) is 0 Å². The van der Waals surface area contributed by atoms with Gasteiger partial charge in [-0.1, -0.05) is 0 Å². The molecule has 148 valence electrons. The second kappa shape index (κ2) is 5.96. The highest BCUT2D eigenvalue weighted by Gasteiger charge is 2.39. The number of nitrogens with one attached hydrogen (secondary N) is 1. The molecular formula is C14H11N3O9S2. The van der Waals surface area contributed by atoms with E-state index in [0.29, 0.717) is 6.07 Å². The lowest BCUT2D eigenvalue weighted by molar-refractivity contribution is 0.0663. The molecule has 1 aliphatic rings. The second-order valence-electron chi connectivity index (χ2n) is 5.68. The van der Waals surface area contributed by atoms with Crippen LogP contribution in [0.15, 0.2) is 28.0 Å². The quantitative estimate of drug-likeness (QED) is 0.282. The third-order valence-corrected chi connectivity index (χ3v) is 5.80. The van der Waals surface area contributed by atoms with Crippen LogP contribution in [0, 0.1) is 0 Å². The van der Waals surface area contributed by atoms with Gasteiger partial charge in [-0.3, -0.25) is 18.7 Å². The molecule has 0 saturated carbocycles. The van der Waals surface area contributed by atoms with E-state index in [1.807, 2.05) is 5.32 Å². The molecule has 0 spiro atoms. The number of carbonyl (C=O) groups is 3. The Balaban J connectivity index is 2.59. The van der Waals surface area contributed by atoms with E-state index in [4.69, 9.17) is 5.73 Å². The molecule has 0 fully saturated rings. The maximum atomic E-state index is 12.6. The number of amides is 4. The van der Waals surface area contributed by atoms with Gasteiger partial charge in [-0.05, 0) is 18.2 Å². The number of urea groups is 1. The molecule has 12 nitrogen and oxygen atoms in total. The fraction of sp³-hybridized carbons (Fsp3) is 0.0714. The van der Waals surface area contributed by atoms with Gasteiger partial charge in [0.15, 0.2) is 0 Å². The maximum Gasteiger partial charge on any atom is 0.331 e. The van der Waals surface area contributed by atoms with E-state index in [2.05, 4.69) is 0 Å². The molecule has 0 radical (unpaired) electrons. The zero-order valence-electron chi connectivity index (χ0n) is 13.8. The normalized spacial score (nSPS) is 14.5. The average Bonchev–Trinajstić information content (AvgIpc) is 2.58. The predicted octanol–water partition coefficient (Wildman–Crippen LogP) is -0.149. The van der Waals surface area contributed by atoms with Crippen LogP contribution in [0.25, 0.3) is 10.8 Å². The Morgan fingerprint density at radius 2 is 1.54 bits per heavy atom. The molecule has 2 aromatic rings. The number of nitrogens with zero attached hydrogens (tertiary/aromatic N) is 1. The van der Waals surface area contributed by atoms with Crippen molar-refractivity contribution in [2.75, 3.05) is 12.8 Å². The van der Waals surface area contributed by atoms with Crippen LogP contribution < -0.4 is 11.1 Å². The summed E-state index contributed by atoms with van der Waals surface area (Å²) >= 11 is 0. The summed E-state index contributed by atoms with van der Waals surface area (Å²) in [6.07, 6.45) is 0. The van der Waals surface area contributed by atoms with E-state index >= 15 is 0 Å². The number of carbonyl (C=O) groups excluding carboxylic acids is 3. The van der Waals surface area contributed by atoms with Gasteiger partial charge in [-0.15, -0.1) is 0 Å². The van der Waals surface area contributed by atoms with E-state index in [9.17, 15) is 40.3 Å². The topological polar surface area (TPSA) is 201 Å². The van der Waals surface area contributed by atoms with Crippen molar-refractivity contribution in [2.24, 2.45) is 0 Å². The summed E-state index contributed by atoms with van der Waals surface area (Å²) in [6, 6.07) is 0.973. The second-order valence-corrected chi connectivity index (χ2v) is 8.49. The number of rotatable bonds is 2. The molecule has 28 heavy (non-hydrogen) atoms. The first-order valence-corrected chi connectivity index (χ1v) is 10.1. The van der Waals surface area contributed by atoms with E-state index in [-0.39, 0.29) is 10.3 Å². The molecular weight excluding hydrogens is 418 g/mol. The number of imide groups is 3. The minimum absolute atomic E-state index is 0.120. The van der Waals surface area contributed by atoms with Crippen LogP contribution in [-0.4, -0.2) is 55.7 Å². The number of hydrogen-bond donors (Lipinski definition) is 4. The molecule has 0 atom stereocenters. The van der Waals surface area contributed by atoms with E-state index in [1.54, 1.807) is 0 Å². The standard InChI is InChI=1S/C14H11N3O9S2/c1-16-14(20)17-12(18)7-3-5(27(21,22)23)2-6-10(7)8(13(17)19)4-9(11(6)15)28(24,25)26/h2-4H,15H2,1H3,(H,16,20)(H,21,22,23)(H,24,25,26). The van der Waals surface area contributed by atoms with Gasteiger partial charge in [0.25, 0.3) is 32.1 Å². The summed E-state index contributed by atoms with van der Waals surface area (Å²) in [5.74, 6) is -2.43. The number of anilines is 1. The van der Waals surface area contributed by atoms with Crippen LogP contribution in [0.1, 0.15) is 20.7 Å². The first-order chi connectivity index (χ1) is 12.8. The highest BCUT2D eigenvalue weighted by atomic mass is 32.2. The molecule has 1 aliphatic heterocycles. The van der Waals surface area contributed by atoms with Crippen LogP contribution in [0.3, 0.4) is 0 Å². The molecule has 14 heteroatoms. The van der Waals surface area contributed by atoms with Gasteiger partial charge in [0, 0.05) is 17.8 Å². The summed E-state index contributed by atoms with van der Waals surface area (Å²) in [4.78, 5) is 35.6. The fourth-order valence-corrected chi connectivity index (χ4v) is 4.05. The van der Waals surface area contributed by atoms with E-state index in [0.717, 1.165) is 19.2 Å². The minimum atomic E-state index is -4.97. The van der Waals surface area contributed by atoms with Crippen molar-refractivity contribution in [3.63, 3.8) is 0 Å². The van der Waals surface area contributed by atoms with Crippen LogP contribution in [-0.2, 0) is 20.2 Å². The fourth-order valence-electron chi connectivity index (χ4n) is 2.86. The molecule has 5 N–H and O–H groups in total. The third-order valence-electron chi connectivity index (χ3n) is 4.07. The number of benzene rings is 2. The molecule has 0 unspecified atom stereocenters. The van der Waals surface area contributed by atoms with Crippen molar-refractivity contribution < 1.29 is 40.3 Å². The number of nitrogen functional groups attached to an aromatic ring is 1. The summed E-state index contributed by atoms with van der Waals surface area (Å²) < 4.78 is 65.1. The Hall–Kier alpha value is -3.07. The van der Waals surface area contributed by atoms with E-state index < -0.39 is 70.1 Å². The van der Waals surface area contributed by atoms with Gasteiger partial charge in [0.05, 0.1) is 21.7 Å². The highest BCUT2D eigenvalue weighted by molar-refractivity contribution is 7.86. The van der Waals surface area contributed by atoms with Crippen molar-refractivity contribution in [3.05, 3.63) is 29.3 Å². The van der Waals surface area contributed by atoms with Crippen LogP contribution >= 0.6 is 0 Å². The van der Waals surface area contributed by atoms with Gasteiger partial charge in [-0.25, -0.2) is 4.79 Å². The SMILES string of the molecule is CNC(=O)N1C(=O)c2cc(S(=O)(=O)O)cc3c(N)c(S(=O)(=O)O)cc(c23)C1=O. The summed E-state index contributed by atoms with van der Waals surface area (Å²) in [5, 5.41) is 1.42. The number of hydrogen-bond acceptors (Lipinski definition) is 8. The van der Waals surface area contributed by atoms with Crippen LogP contribution in [0.4, 0.5) is 10.5 Å². The molecule has 0 bridgehead atoms. The lowest BCUT2D eigenvalue weighted by atomic mass is 9.93. The van der Waals surface area contributed by atoms with Gasteiger partial charge < -0.3 is 11.1 Å². The molecule has 1 heterocycles. The van der Waals surface area contributed by atoms with Gasteiger partial charge >= 0.3 is 6.03 Å². The van der Waals surface area contributed by atoms with Crippen molar-refractivity contribution in [2.45, 2.75) is 9.79 Å². The lowest BCUT2D eigenvalue weighted by Crippen LogP contribution is -2.48.